The summed E-state index contributed by atoms with van der Waals surface area (Å²) >= 11 is 5.42. The topological polar surface area (TPSA) is 33.1 Å². The van der Waals surface area contributed by atoms with Crippen LogP contribution in [-0.4, -0.2) is 26.8 Å². The van der Waals surface area contributed by atoms with Crippen molar-refractivity contribution >= 4 is 23.0 Å². The van der Waals surface area contributed by atoms with Crippen molar-refractivity contribution in [3.05, 3.63) is 47.8 Å². The van der Waals surface area contributed by atoms with E-state index in [4.69, 9.17) is 12.2 Å². The highest BCUT2D eigenvalue weighted by Crippen LogP contribution is 2.11. The molecule has 0 saturated carbocycles. The summed E-state index contributed by atoms with van der Waals surface area (Å²) in [7, 11) is 1.99. The van der Waals surface area contributed by atoms with Crippen LogP contribution in [0.25, 0.3) is 0 Å². The van der Waals surface area contributed by atoms with Gasteiger partial charge in [-0.2, -0.15) is 5.10 Å². The summed E-state index contributed by atoms with van der Waals surface area (Å²) < 4.78 is 1.95. The molecule has 0 fully saturated rings. The van der Waals surface area contributed by atoms with E-state index in [1.165, 1.54) is 5.56 Å². The normalized spacial score (nSPS) is 10.3. The maximum Gasteiger partial charge on any atom is 0.173 e. The molecule has 2 aromatic rings. The van der Waals surface area contributed by atoms with Gasteiger partial charge in [0.05, 0.1) is 5.69 Å². The number of benzene rings is 1. The molecule has 0 saturated heterocycles. The molecule has 0 unspecified atom stereocenters. The minimum atomic E-state index is 0.708. The molecular formula is C15H20N4S. The Hall–Kier alpha value is -1.88. The van der Waals surface area contributed by atoms with E-state index in [1.807, 2.05) is 53.9 Å². The van der Waals surface area contributed by atoms with E-state index in [0.29, 0.717) is 5.11 Å². The third-order valence-corrected chi connectivity index (χ3v) is 3.57. The van der Waals surface area contributed by atoms with E-state index < -0.39 is 0 Å². The molecule has 0 radical (unpaired) electrons. The van der Waals surface area contributed by atoms with Crippen molar-refractivity contribution in [2.75, 3.05) is 12.4 Å². The van der Waals surface area contributed by atoms with Crippen LogP contribution in [0.4, 0.5) is 5.69 Å². The lowest BCUT2D eigenvalue weighted by Crippen LogP contribution is -2.30. The molecule has 2 rings (SSSR count). The summed E-state index contributed by atoms with van der Waals surface area (Å²) in [6.07, 6.45) is 2.08. The fraction of sp³-hybridized carbons (Fsp3) is 0.333. The van der Waals surface area contributed by atoms with Crippen molar-refractivity contribution in [1.82, 2.24) is 14.7 Å². The van der Waals surface area contributed by atoms with E-state index in [-0.39, 0.29) is 0 Å². The molecule has 0 aliphatic heterocycles. The number of aromatic nitrogens is 2. The summed E-state index contributed by atoms with van der Waals surface area (Å²) in [4.78, 5) is 2.02. The van der Waals surface area contributed by atoms with Gasteiger partial charge in [0.25, 0.3) is 0 Å². The highest BCUT2D eigenvalue weighted by Gasteiger charge is 2.10. The van der Waals surface area contributed by atoms with Crippen molar-refractivity contribution in [2.24, 2.45) is 0 Å². The first-order valence-corrected chi connectivity index (χ1v) is 7.11. The van der Waals surface area contributed by atoms with Crippen LogP contribution in [-0.2, 0) is 13.1 Å². The quantitative estimate of drug-likeness (QED) is 0.877. The first kappa shape index (κ1) is 14.5. The Morgan fingerprint density at radius 1 is 1.35 bits per heavy atom. The second kappa shape index (κ2) is 6.52. The monoisotopic (exact) mass is 288 g/mol. The summed E-state index contributed by atoms with van der Waals surface area (Å²) in [5.74, 6) is 0. The molecule has 1 heterocycles. The largest absolute Gasteiger partial charge is 0.348 e. The van der Waals surface area contributed by atoms with Crippen LogP contribution in [0.15, 0.2) is 36.5 Å². The van der Waals surface area contributed by atoms with Crippen LogP contribution in [0.2, 0.25) is 0 Å². The molecule has 1 aromatic carbocycles. The number of thiocarbonyl (C=S) groups is 1. The van der Waals surface area contributed by atoms with Crippen molar-refractivity contribution in [2.45, 2.75) is 26.9 Å². The molecule has 0 spiro atoms. The predicted octanol–water partition coefficient (Wildman–Crippen LogP) is 3.04. The van der Waals surface area contributed by atoms with E-state index in [2.05, 4.69) is 23.5 Å². The molecule has 0 amide bonds. The number of hydrogen-bond acceptors (Lipinski definition) is 2. The second-order valence-electron chi connectivity index (χ2n) is 4.75. The summed E-state index contributed by atoms with van der Waals surface area (Å²) in [6.45, 7) is 5.76. The molecule has 1 N–H and O–H groups in total. The molecule has 106 valence electrons. The zero-order valence-corrected chi connectivity index (χ0v) is 12.9. The first-order chi connectivity index (χ1) is 9.60. The number of para-hydroxylation sites is 1. The summed E-state index contributed by atoms with van der Waals surface area (Å²) in [5.41, 5.74) is 3.26. The van der Waals surface area contributed by atoms with Gasteiger partial charge in [-0.05, 0) is 38.2 Å². The Morgan fingerprint density at radius 2 is 2.05 bits per heavy atom. The van der Waals surface area contributed by atoms with Gasteiger partial charge in [0.1, 0.15) is 0 Å². The zero-order valence-electron chi connectivity index (χ0n) is 12.1. The minimum absolute atomic E-state index is 0.708. The molecule has 5 heteroatoms. The Morgan fingerprint density at radius 3 is 2.65 bits per heavy atom. The average molecular weight is 288 g/mol. The van der Waals surface area contributed by atoms with Gasteiger partial charge in [-0.15, -0.1) is 0 Å². The highest BCUT2D eigenvalue weighted by molar-refractivity contribution is 7.80. The van der Waals surface area contributed by atoms with Crippen molar-refractivity contribution in [3.8, 4) is 0 Å². The Kier molecular flexibility index (Phi) is 4.74. The highest BCUT2D eigenvalue weighted by atomic mass is 32.1. The number of nitrogens with one attached hydrogen (secondary N) is 1. The van der Waals surface area contributed by atoms with Crippen LogP contribution in [0.3, 0.4) is 0 Å². The lowest BCUT2D eigenvalue weighted by atomic mass is 10.2. The van der Waals surface area contributed by atoms with Crippen molar-refractivity contribution < 1.29 is 0 Å². The van der Waals surface area contributed by atoms with Gasteiger partial charge in [0.2, 0.25) is 0 Å². The maximum absolute atomic E-state index is 5.42. The third-order valence-electron chi connectivity index (χ3n) is 3.15. The standard InChI is InChI=1S/C15H20N4S/c1-4-19-11-13(12(2)17-19)10-18(3)15(20)16-14-8-6-5-7-9-14/h5-9,11H,4,10H2,1-3H3,(H,16,20). The number of hydrogen-bond donors (Lipinski definition) is 1. The SMILES string of the molecule is CCn1cc(CN(C)C(=S)Nc2ccccc2)c(C)n1. The number of anilines is 1. The van der Waals surface area contributed by atoms with Gasteiger partial charge in [-0.25, -0.2) is 0 Å². The molecule has 4 nitrogen and oxygen atoms in total. The van der Waals surface area contributed by atoms with E-state index in [9.17, 15) is 0 Å². The van der Waals surface area contributed by atoms with Gasteiger partial charge < -0.3 is 10.2 Å². The number of nitrogens with zero attached hydrogens (tertiary/aromatic N) is 3. The van der Waals surface area contributed by atoms with Crippen LogP contribution < -0.4 is 5.32 Å². The van der Waals surface area contributed by atoms with Gasteiger partial charge in [0, 0.05) is 37.6 Å². The second-order valence-corrected chi connectivity index (χ2v) is 5.13. The maximum atomic E-state index is 5.42. The minimum Gasteiger partial charge on any atom is -0.348 e. The van der Waals surface area contributed by atoms with Crippen LogP contribution in [0, 0.1) is 6.92 Å². The fourth-order valence-corrected chi connectivity index (χ4v) is 2.13. The molecule has 0 aliphatic rings. The van der Waals surface area contributed by atoms with Gasteiger partial charge in [0.15, 0.2) is 5.11 Å². The summed E-state index contributed by atoms with van der Waals surface area (Å²) in [6, 6.07) is 9.96. The van der Waals surface area contributed by atoms with Gasteiger partial charge >= 0.3 is 0 Å². The Balaban J connectivity index is 1.98. The first-order valence-electron chi connectivity index (χ1n) is 6.70. The average Bonchev–Trinajstić information content (AvgIpc) is 2.80. The van der Waals surface area contributed by atoms with Crippen LogP contribution in [0.1, 0.15) is 18.2 Å². The fourth-order valence-electron chi connectivity index (χ4n) is 1.94. The Bertz CT molecular complexity index is 577. The lowest BCUT2D eigenvalue weighted by Gasteiger charge is -2.20. The van der Waals surface area contributed by atoms with E-state index in [0.717, 1.165) is 24.5 Å². The van der Waals surface area contributed by atoms with Gasteiger partial charge in [-0.3, -0.25) is 4.68 Å². The third kappa shape index (κ3) is 3.57. The number of aryl methyl sites for hydroxylation is 2. The van der Waals surface area contributed by atoms with Gasteiger partial charge in [-0.1, -0.05) is 18.2 Å². The van der Waals surface area contributed by atoms with Crippen LogP contribution >= 0.6 is 12.2 Å². The molecule has 0 atom stereocenters. The molecule has 0 aliphatic carbocycles. The zero-order chi connectivity index (χ0) is 14.5. The van der Waals surface area contributed by atoms with Crippen LogP contribution in [0.5, 0.6) is 0 Å². The lowest BCUT2D eigenvalue weighted by molar-refractivity contribution is 0.506. The predicted molar refractivity (Wildman–Crippen MR) is 86.8 cm³/mol. The van der Waals surface area contributed by atoms with E-state index >= 15 is 0 Å². The molecule has 1 aromatic heterocycles. The number of rotatable bonds is 4. The molecule has 0 bridgehead atoms. The van der Waals surface area contributed by atoms with E-state index in [1.54, 1.807) is 0 Å². The summed E-state index contributed by atoms with van der Waals surface area (Å²) in [5, 5.41) is 8.39. The van der Waals surface area contributed by atoms with Crippen molar-refractivity contribution in [3.63, 3.8) is 0 Å². The molecule has 20 heavy (non-hydrogen) atoms. The molecular weight excluding hydrogens is 268 g/mol. The smallest absolute Gasteiger partial charge is 0.173 e. The van der Waals surface area contributed by atoms with Crippen molar-refractivity contribution in [1.29, 1.82) is 0 Å². The Labute approximate surface area is 125 Å².